The monoisotopic (exact) mass is 242 g/mol. The Morgan fingerprint density at radius 2 is 2.18 bits per heavy atom. The summed E-state index contributed by atoms with van der Waals surface area (Å²) in [5, 5.41) is 19.1. The normalized spacial score (nSPS) is 9.76. The van der Waals surface area contributed by atoms with Gasteiger partial charge in [-0.2, -0.15) is 14.0 Å². The van der Waals surface area contributed by atoms with E-state index in [1.807, 2.05) is 0 Å². The molecular weight excluding hydrogens is 238 g/mol. The number of nitriles is 1. The van der Waals surface area contributed by atoms with Gasteiger partial charge < -0.3 is 4.74 Å². The third kappa shape index (κ3) is 2.72. The van der Waals surface area contributed by atoms with Crippen molar-refractivity contribution in [2.24, 2.45) is 0 Å². The molecule has 88 valence electrons. The van der Waals surface area contributed by atoms with Crippen molar-refractivity contribution in [3.8, 4) is 11.8 Å². The molecule has 1 rings (SSSR count). The molecule has 0 atom stereocenters. The number of carbonyl (C=O) groups is 1. The van der Waals surface area contributed by atoms with Gasteiger partial charge in [0.05, 0.1) is 10.5 Å². The largest absolute Gasteiger partial charge is 0.433 e. The van der Waals surface area contributed by atoms with E-state index >= 15 is 0 Å². The standard InChI is InChI=1S/C9H4F2N2O4/c10-9(11)17-8-5(3-12)1-7(13(15)16)2-6(8)4-14/h1-2,4,9H. The van der Waals surface area contributed by atoms with Crippen LogP contribution in [0.25, 0.3) is 0 Å². The zero-order chi connectivity index (χ0) is 13.0. The average molecular weight is 242 g/mol. The van der Waals surface area contributed by atoms with E-state index in [1.165, 1.54) is 6.07 Å². The van der Waals surface area contributed by atoms with Gasteiger partial charge in [-0.15, -0.1) is 0 Å². The van der Waals surface area contributed by atoms with Crippen molar-refractivity contribution in [1.29, 1.82) is 5.26 Å². The molecule has 0 aromatic heterocycles. The lowest BCUT2D eigenvalue weighted by molar-refractivity contribution is -0.384. The summed E-state index contributed by atoms with van der Waals surface area (Å²) in [6.45, 7) is -3.23. The van der Waals surface area contributed by atoms with Crippen LogP contribution in [0.5, 0.6) is 5.75 Å². The molecule has 1 aromatic carbocycles. The van der Waals surface area contributed by atoms with Gasteiger partial charge in [-0.1, -0.05) is 0 Å². The second kappa shape index (κ2) is 4.98. The number of benzene rings is 1. The predicted molar refractivity (Wildman–Crippen MR) is 49.8 cm³/mol. The molecule has 0 fully saturated rings. The Hall–Kier alpha value is -2.56. The lowest BCUT2D eigenvalue weighted by atomic mass is 10.1. The number of hydrogen-bond donors (Lipinski definition) is 0. The molecule has 0 aliphatic heterocycles. The van der Waals surface area contributed by atoms with Crippen molar-refractivity contribution in [2.45, 2.75) is 6.61 Å². The molecule has 0 aliphatic rings. The summed E-state index contributed by atoms with van der Waals surface area (Å²) in [7, 11) is 0. The molecule has 0 spiro atoms. The van der Waals surface area contributed by atoms with Gasteiger partial charge in [0.15, 0.2) is 12.0 Å². The van der Waals surface area contributed by atoms with Gasteiger partial charge in [-0.25, -0.2) is 0 Å². The Morgan fingerprint density at radius 1 is 1.53 bits per heavy atom. The van der Waals surface area contributed by atoms with Crippen LogP contribution >= 0.6 is 0 Å². The van der Waals surface area contributed by atoms with Crippen LogP contribution in [0, 0.1) is 21.4 Å². The molecule has 0 bridgehead atoms. The third-order valence-electron chi connectivity index (χ3n) is 1.77. The summed E-state index contributed by atoms with van der Waals surface area (Å²) in [6.07, 6.45) is 0.103. The molecule has 8 heteroatoms. The van der Waals surface area contributed by atoms with Gasteiger partial charge >= 0.3 is 6.61 Å². The Labute approximate surface area is 93.2 Å². The number of hydrogen-bond acceptors (Lipinski definition) is 5. The minimum Gasteiger partial charge on any atom is -0.433 e. The van der Waals surface area contributed by atoms with Crippen LogP contribution < -0.4 is 4.74 Å². The molecule has 0 aliphatic carbocycles. The van der Waals surface area contributed by atoms with E-state index in [4.69, 9.17) is 5.26 Å². The number of ether oxygens (including phenoxy) is 1. The van der Waals surface area contributed by atoms with Crippen LogP contribution in [0.1, 0.15) is 15.9 Å². The summed E-state index contributed by atoms with van der Waals surface area (Å²) < 4.78 is 28.0. The maximum atomic E-state index is 12.0. The zero-order valence-corrected chi connectivity index (χ0v) is 8.09. The average Bonchev–Trinajstić information content (AvgIpc) is 2.28. The highest BCUT2D eigenvalue weighted by molar-refractivity contribution is 5.82. The second-order valence-corrected chi connectivity index (χ2v) is 2.78. The molecular formula is C9H4F2N2O4. The maximum Gasteiger partial charge on any atom is 0.387 e. The van der Waals surface area contributed by atoms with E-state index < -0.39 is 34.1 Å². The van der Waals surface area contributed by atoms with E-state index in [0.29, 0.717) is 0 Å². The highest BCUT2D eigenvalue weighted by Gasteiger charge is 2.20. The van der Waals surface area contributed by atoms with Gasteiger partial charge in [0.1, 0.15) is 11.6 Å². The molecule has 0 radical (unpaired) electrons. The zero-order valence-electron chi connectivity index (χ0n) is 8.09. The lowest BCUT2D eigenvalue weighted by Gasteiger charge is -2.08. The first-order chi connectivity index (χ1) is 7.99. The predicted octanol–water partition coefficient (Wildman–Crippen LogP) is 1.88. The van der Waals surface area contributed by atoms with E-state index in [9.17, 15) is 23.7 Å². The van der Waals surface area contributed by atoms with Crippen molar-refractivity contribution < 1.29 is 23.2 Å². The van der Waals surface area contributed by atoms with Crippen molar-refractivity contribution >= 4 is 12.0 Å². The van der Waals surface area contributed by atoms with Crippen LogP contribution in [0.4, 0.5) is 14.5 Å². The smallest absolute Gasteiger partial charge is 0.387 e. The Balaban J connectivity index is 3.42. The highest BCUT2D eigenvalue weighted by atomic mass is 19.3. The SMILES string of the molecule is N#Cc1cc([N+](=O)[O-])cc(C=O)c1OC(F)F. The first kappa shape index (κ1) is 12.5. The van der Waals surface area contributed by atoms with Crippen molar-refractivity contribution in [3.63, 3.8) is 0 Å². The molecule has 0 unspecified atom stereocenters. The van der Waals surface area contributed by atoms with E-state index in [1.54, 1.807) is 0 Å². The first-order valence-corrected chi connectivity index (χ1v) is 4.12. The Kier molecular flexibility index (Phi) is 3.66. The number of nitro groups is 1. The number of alkyl halides is 2. The van der Waals surface area contributed by atoms with Gasteiger partial charge in [-0.05, 0) is 0 Å². The molecule has 17 heavy (non-hydrogen) atoms. The number of non-ortho nitro benzene ring substituents is 1. The molecule has 1 aromatic rings. The summed E-state index contributed by atoms with van der Waals surface area (Å²) in [4.78, 5) is 20.2. The molecule has 0 N–H and O–H groups in total. The first-order valence-electron chi connectivity index (χ1n) is 4.12. The van der Waals surface area contributed by atoms with Crippen molar-refractivity contribution in [1.82, 2.24) is 0 Å². The van der Waals surface area contributed by atoms with Crippen molar-refractivity contribution in [3.05, 3.63) is 33.4 Å². The number of halogens is 2. The number of aldehydes is 1. The van der Waals surface area contributed by atoms with Gasteiger partial charge in [0.2, 0.25) is 0 Å². The molecule has 0 heterocycles. The quantitative estimate of drug-likeness (QED) is 0.456. The topological polar surface area (TPSA) is 93.2 Å². The van der Waals surface area contributed by atoms with E-state index in [2.05, 4.69) is 4.74 Å². The molecule has 6 nitrogen and oxygen atoms in total. The van der Waals surface area contributed by atoms with E-state index in [0.717, 1.165) is 12.1 Å². The van der Waals surface area contributed by atoms with Crippen LogP contribution in [0.2, 0.25) is 0 Å². The molecule has 0 saturated carbocycles. The number of carbonyl (C=O) groups excluding carboxylic acids is 1. The summed E-state index contributed by atoms with van der Waals surface area (Å²) in [5.41, 5.74) is -1.53. The Morgan fingerprint density at radius 3 is 2.59 bits per heavy atom. The van der Waals surface area contributed by atoms with Gasteiger partial charge in [-0.3, -0.25) is 14.9 Å². The fraction of sp³-hybridized carbons (Fsp3) is 0.111. The number of nitrogens with zero attached hydrogens (tertiary/aromatic N) is 2. The lowest BCUT2D eigenvalue weighted by Crippen LogP contribution is -2.07. The summed E-state index contributed by atoms with van der Waals surface area (Å²) in [5.74, 6) is -0.664. The van der Waals surface area contributed by atoms with E-state index in [-0.39, 0.29) is 6.29 Å². The number of rotatable bonds is 4. The third-order valence-corrected chi connectivity index (χ3v) is 1.77. The fourth-order valence-electron chi connectivity index (χ4n) is 1.13. The minimum atomic E-state index is -3.23. The minimum absolute atomic E-state index is 0.103. The number of nitro benzene ring substituents is 1. The summed E-state index contributed by atoms with van der Waals surface area (Å²) >= 11 is 0. The fourth-order valence-corrected chi connectivity index (χ4v) is 1.13. The van der Waals surface area contributed by atoms with Gasteiger partial charge in [0, 0.05) is 12.1 Å². The molecule has 0 saturated heterocycles. The van der Waals surface area contributed by atoms with Crippen molar-refractivity contribution in [2.75, 3.05) is 0 Å². The maximum absolute atomic E-state index is 12.0. The van der Waals surface area contributed by atoms with Crippen LogP contribution in [-0.4, -0.2) is 17.8 Å². The van der Waals surface area contributed by atoms with Crippen LogP contribution in [0.15, 0.2) is 12.1 Å². The Bertz CT molecular complexity index is 510. The van der Waals surface area contributed by atoms with Gasteiger partial charge in [0.25, 0.3) is 5.69 Å². The van der Waals surface area contributed by atoms with Crippen LogP contribution in [0.3, 0.4) is 0 Å². The molecule has 0 amide bonds. The summed E-state index contributed by atoms with van der Waals surface area (Å²) in [6, 6.07) is 2.96. The highest BCUT2D eigenvalue weighted by Crippen LogP contribution is 2.29. The second-order valence-electron chi connectivity index (χ2n) is 2.78. The van der Waals surface area contributed by atoms with Crippen LogP contribution in [-0.2, 0) is 0 Å².